The summed E-state index contributed by atoms with van der Waals surface area (Å²) in [5.41, 5.74) is 0.0658. The van der Waals surface area contributed by atoms with Gasteiger partial charge in [-0.3, -0.25) is 10.1 Å². The first-order valence-corrected chi connectivity index (χ1v) is 7.46. The SMILES string of the molecule is COc1c(Cl)cc(C(=O)OCC(=O)NC(=O)NC2CC2)cc1Cl. The molecule has 0 atom stereocenters. The standard InChI is InChI=1S/C14H14Cl2N2O5/c1-22-12-9(15)4-7(5-10(12)16)13(20)23-6-11(19)18-14(21)17-8-2-3-8/h4-5,8H,2-3,6H2,1H3,(H2,17,18,19,21). The molecular formula is C14H14Cl2N2O5. The zero-order valence-electron chi connectivity index (χ0n) is 12.2. The van der Waals surface area contributed by atoms with Gasteiger partial charge < -0.3 is 14.8 Å². The van der Waals surface area contributed by atoms with E-state index in [9.17, 15) is 14.4 Å². The van der Waals surface area contributed by atoms with Gasteiger partial charge in [-0.05, 0) is 25.0 Å². The Balaban J connectivity index is 1.86. The van der Waals surface area contributed by atoms with Crippen LogP contribution in [0.1, 0.15) is 23.2 Å². The summed E-state index contributed by atoms with van der Waals surface area (Å²) in [7, 11) is 1.39. The summed E-state index contributed by atoms with van der Waals surface area (Å²) in [5, 5.41) is 4.91. The number of carbonyl (C=O) groups is 3. The number of hydrogen-bond donors (Lipinski definition) is 2. The summed E-state index contributed by atoms with van der Waals surface area (Å²) in [6.45, 7) is -0.599. The van der Waals surface area contributed by atoms with Crippen molar-refractivity contribution in [1.29, 1.82) is 0 Å². The molecule has 2 N–H and O–H groups in total. The Morgan fingerprint density at radius 1 is 1.22 bits per heavy atom. The van der Waals surface area contributed by atoms with E-state index in [-0.39, 0.29) is 27.4 Å². The molecule has 0 aromatic heterocycles. The second-order valence-electron chi connectivity index (χ2n) is 4.85. The number of carbonyl (C=O) groups excluding carboxylic acids is 3. The van der Waals surface area contributed by atoms with E-state index < -0.39 is 24.5 Å². The van der Waals surface area contributed by atoms with E-state index >= 15 is 0 Å². The molecule has 0 saturated heterocycles. The zero-order chi connectivity index (χ0) is 17.0. The lowest BCUT2D eigenvalue weighted by atomic mass is 10.2. The first-order chi connectivity index (χ1) is 10.9. The third kappa shape index (κ3) is 5.01. The molecule has 7 nitrogen and oxygen atoms in total. The molecule has 1 saturated carbocycles. The molecule has 124 valence electrons. The number of halogens is 2. The lowest BCUT2D eigenvalue weighted by molar-refractivity contribution is -0.123. The summed E-state index contributed by atoms with van der Waals surface area (Å²) >= 11 is 11.8. The molecular weight excluding hydrogens is 347 g/mol. The number of esters is 1. The second-order valence-corrected chi connectivity index (χ2v) is 5.66. The predicted molar refractivity (Wildman–Crippen MR) is 83.0 cm³/mol. The molecule has 9 heteroatoms. The Bertz CT molecular complexity index is 623. The monoisotopic (exact) mass is 360 g/mol. The van der Waals surface area contributed by atoms with Crippen LogP contribution in [0.4, 0.5) is 4.79 Å². The summed E-state index contributed by atoms with van der Waals surface area (Å²) < 4.78 is 9.77. The molecule has 2 rings (SSSR count). The van der Waals surface area contributed by atoms with Gasteiger partial charge in [-0.25, -0.2) is 9.59 Å². The van der Waals surface area contributed by atoms with Crippen LogP contribution < -0.4 is 15.4 Å². The Morgan fingerprint density at radius 2 is 1.83 bits per heavy atom. The normalized spacial score (nSPS) is 13.2. The fourth-order valence-electron chi connectivity index (χ4n) is 1.70. The van der Waals surface area contributed by atoms with Gasteiger partial charge in [0.25, 0.3) is 5.91 Å². The van der Waals surface area contributed by atoms with E-state index in [0.29, 0.717) is 0 Å². The predicted octanol–water partition coefficient (Wildman–Crippen LogP) is 2.15. The first kappa shape index (κ1) is 17.4. The van der Waals surface area contributed by atoms with E-state index in [4.69, 9.17) is 32.7 Å². The molecule has 0 spiro atoms. The van der Waals surface area contributed by atoms with Crippen LogP contribution in [0.2, 0.25) is 10.0 Å². The van der Waals surface area contributed by atoms with Crippen molar-refractivity contribution in [1.82, 2.24) is 10.6 Å². The highest BCUT2D eigenvalue weighted by Gasteiger charge is 2.24. The molecule has 1 aliphatic rings. The minimum absolute atomic E-state index is 0.0658. The molecule has 0 aliphatic heterocycles. The van der Waals surface area contributed by atoms with Gasteiger partial charge in [0, 0.05) is 6.04 Å². The summed E-state index contributed by atoms with van der Waals surface area (Å²) in [6.07, 6.45) is 1.80. The molecule has 0 radical (unpaired) electrons. The number of amides is 3. The maximum atomic E-state index is 11.9. The summed E-state index contributed by atoms with van der Waals surface area (Å²) in [6, 6.07) is 2.14. The minimum atomic E-state index is -0.797. The molecule has 1 fully saturated rings. The Kier molecular flexibility index (Phi) is 5.68. The number of hydrogen-bond acceptors (Lipinski definition) is 5. The van der Waals surface area contributed by atoms with E-state index in [2.05, 4.69) is 10.6 Å². The summed E-state index contributed by atoms with van der Waals surface area (Å²) in [5.74, 6) is -1.30. The van der Waals surface area contributed by atoms with Crippen LogP contribution in [0.25, 0.3) is 0 Å². The number of benzene rings is 1. The number of nitrogens with one attached hydrogen (secondary N) is 2. The van der Waals surface area contributed by atoms with Gasteiger partial charge in [0.1, 0.15) is 0 Å². The topological polar surface area (TPSA) is 93.7 Å². The van der Waals surface area contributed by atoms with Crippen LogP contribution in [-0.4, -0.2) is 37.7 Å². The molecule has 23 heavy (non-hydrogen) atoms. The second kappa shape index (κ2) is 7.52. The van der Waals surface area contributed by atoms with Crippen LogP contribution in [0, 0.1) is 0 Å². The Morgan fingerprint density at radius 3 is 2.35 bits per heavy atom. The summed E-state index contributed by atoms with van der Waals surface area (Å²) in [4.78, 5) is 34.7. The van der Waals surface area contributed by atoms with Gasteiger partial charge in [0.15, 0.2) is 12.4 Å². The molecule has 0 heterocycles. The van der Waals surface area contributed by atoms with Crippen molar-refractivity contribution in [2.45, 2.75) is 18.9 Å². The van der Waals surface area contributed by atoms with Crippen molar-refractivity contribution in [2.24, 2.45) is 0 Å². The van der Waals surface area contributed by atoms with Crippen molar-refractivity contribution in [2.75, 3.05) is 13.7 Å². The lowest BCUT2D eigenvalue weighted by Gasteiger charge is -2.09. The maximum Gasteiger partial charge on any atom is 0.338 e. The maximum absolute atomic E-state index is 11.9. The molecule has 0 unspecified atom stereocenters. The third-order valence-electron chi connectivity index (χ3n) is 2.94. The molecule has 1 aliphatic carbocycles. The van der Waals surface area contributed by atoms with E-state index in [0.717, 1.165) is 12.8 Å². The van der Waals surface area contributed by atoms with Gasteiger partial charge >= 0.3 is 12.0 Å². The van der Waals surface area contributed by atoms with E-state index in [1.165, 1.54) is 19.2 Å². The first-order valence-electron chi connectivity index (χ1n) is 6.71. The minimum Gasteiger partial charge on any atom is -0.494 e. The molecule has 0 bridgehead atoms. The molecule has 1 aromatic rings. The Hall–Kier alpha value is -1.99. The average Bonchev–Trinajstić information content (AvgIpc) is 3.28. The van der Waals surface area contributed by atoms with E-state index in [1.807, 2.05) is 0 Å². The van der Waals surface area contributed by atoms with Crippen LogP contribution >= 0.6 is 23.2 Å². The molecule has 1 aromatic carbocycles. The van der Waals surface area contributed by atoms with Gasteiger partial charge in [0.2, 0.25) is 0 Å². The quantitative estimate of drug-likeness (QED) is 0.784. The van der Waals surface area contributed by atoms with Gasteiger partial charge in [-0.2, -0.15) is 0 Å². The highest BCUT2D eigenvalue weighted by molar-refractivity contribution is 6.37. The highest BCUT2D eigenvalue weighted by Crippen LogP contribution is 2.33. The smallest absolute Gasteiger partial charge is 0.338 e. The molecule has 3 amide bonds. The van der Waals surface area contributed by atoms with Crippen LogP contribution in [0.15, 0.2) is 12.1 Å². The number of methoxy groups -OCH3 is 1. The third-order valence-corrected chi connectivity index (χ3v) is 3.50. The van der Waals surface area contributed by atoms with Crippen molar-refractivity contribution in [3.63, 3.8) is 0 Å². The van der Waals surface area contributed by atoms with Crippen LogP contribution in [-0.2, 0) is 9.53 Å². The van der Waals surface area contributed by atoms with Crippen molar-refractivity contribution in [3.8, 4) is 5.75 Å². The number of ether oxygens (including phenoxy) is 2. The van der Waals surface area contributed by atoms with Crippen molar-refractivity contribution >= 4 is 41.1 Å². The van der Waals surface area contributed by atoms with Gasteiger partial charge in [0.05, 0.1) is 22.7 Å². The van der Waals surface area contributed by atoms with Crippen molar-refractivity contribution in [3.05, 3.63) is 27.7 Å². The van der Waals surface area contributed by atoms with Crippen molar-refractivity contribution < 1.29 is 23.9 Å². The highest BCUT2D eigenvalue weighted by atomic mass is 35.5. The number of rotatable bonds is 5. The van der Waals surface area contributed by atoms with Crippen LogP contribution in [0.5, 0.6) is 5.75 Å². The van der Waals surface area contributed by atoms with Gasteiger partial charge in [-0.1, -0.05) is 23.2 Å². The fraction of sp³-hybridized carbons (Fsp3) is 0.357. The average molecular weight is 361 g/mol. The van der Waals surface area contributed by atoms with E-state index in [1.54, 1.807) is 0 Å². The largest absolute Gasteiger partial charge is 0.494 e. The Labute approximate surface area is 142 Å². The number of urea groups is 1. The zero-order valence-corrected chi connectivity index (χ0v) is 13.7. The lowest BCUT2D eigenvalue weighted by Crippen LogP contribution is -2.42. The van der Waals surface area contributed by atoms with Gasteiger partial charge in [-0.15, -0.1) is 0 Å². The van der Waals surface area contributed by atoms with Crippen LogP contribution in [0.3, 0.4) is 0 Å². The number of imide groups is 1. The fourth-order valence-corrected chi connectivity index (χ4v) is 2.34.